The summed E-state index contributed by atoms with van der Waals surface area (Å²) in [6, 6.07) is 8.81. The van der Waals surface area contributed by atoms with Crippen molar-refractivity contribution < 1.29 is 32.2 Å². The van der Waals surface area contributed by atoms with Crippen LogP contribution < -0.4 is 14.4 Å². The van der Waals surface area contributed by atoms with Crippen molar-refractivity contribution in [1.82, 2.24) is 0 Å². The van der Waals surface area contributed by atoms with Gasteiger partial charge in [-0.3, -0.25) is 4.79 Å². The number of ketones is 1. The normalized spacial score (nSPS) is 14.4. The van der Waals surface area contributed by atoms with Crippen LogP contribution in [0.1, 0.15) is 15.9 Å². The first kappa shape index (κ1) is 20.7. The first-order valence-corrected chi connectivity index (χ1v) is 8.96. The molecule has 0 N–H and O–H groups in total. The Hall–Kier alpha value is -3.00. The number of alkyl halides is 2. The maximum Gasteiger partial charge on any atom is 0.387 e. The number of hydrogen-bond acceptors (Lipinski definition) is 5. The van der Waals surface area contributed by atoms with Crippen LogP contribution in [0.2, 0.25) is 0 Å². The van der Waals surface area contributed by atoms with Gasteiger partial charge >= 0.3 is 6.61 Å². The third kappa shape index (κ3) is 5.08. The maximum atomic E-state index is 14.5. The standard InChI is InChI=1S/C21H20F3NO4/c1-27-19-4-2-3-14(20(19)29-21(23)24)6-8-18(26)15-5-7-17(16(22)13-15)25-9-11-28-12-10-25/h2-8,13,21H,9-12H2,1H3/b8-6+. The topological polar surface area (TPSA) is 48.0 Å². The number of morpholine rings is 1. The van der Waals surface area contributed by atoms with Gasteiger partial charge in [0, 0.05) is 24.2 Å². The van der Waals surface area contributed by atoms with Crippen molar-refractivity contribution in [3.05, 3.63) is 59.4 Å². The number of hydrogen-bond donors (Lipinski definition) is 0. The van der Waals surface area contributed by atoms with Crippen LogP contribution in [0.5, 0.6) is 11.5 Å². The van der Waals surface area contributed by atoms with Crippen LogP contribution in [0.15, 0.2) is 42.5 Å². The molecule has 1 aliphatic heterocycles. The van der Waals surface area contributed by atoms with Gasteiger partial charge in [-0.1, -0.05) is 12.1 Å². The highest BCUT2D eigenvalue weighted by Crippen LogP contribution is 2.33. The van der Waals surface area contributed by atoms with Gasteiger partial charge in [-0.15, -0.1) is 0 Å². The second kappa shape index (κ2) is 9.47. The van der Waals surface area contributed by atoms with E-state index in [9.17, 15) is 18.0 Å². The zero-order chi connectivity index (χ0) is 20.8. The van der Waals surface area contributed by atoms with Gasteiger partial charge in [-0.05, 0) is 36.4 Å². The second-order valence-corrected chi connectivity index (χ2v) is 6.22. The highest BCUT2D eigenvalue weighted by molar-refractivity contribution is 6.07. The lowest BCUT2D eigenvalue weighted by molar-refractivity contribution is -0.0513. The average molecular weight is 407 g/mol. The van der Waals surface area contributed by atoms with Crippen molar-refractivity contribution in [3.63, 3.8) is 0 Å². The lowest BCUT2D eigenvalue weighted by Gasteiger charge is -2.29. The Labute approximate surface area is 166 Å². The molecule has 8 heteroatoms. The number of nitrogens with zero attached hydrogens (tertiary/aromatic N) is 1. The van der Waals surface area contributed by atoms with Crippen LogP contribution in [-0.2, 0) is 4.74 Å². The van der Waals surface area contributed by atoms with Gasteiger partial charge < -0.3 is 19.1 Å². The minimum absolute atomic E-state index is 0.112. The number of halogens is 3. The fourth-order valence-corrected chi connectivity index (χ4v) is 3.02. The predicted octanol–water partition coefficient (Wildman–Crippen LogP) is 4.17. The van der Waals surface area contributed by atoms with Gasteiger partial charge in [0.15, 0.2) is 17.3 Å². The molecule has 0 unspecified atom stereocenters. The summed E-state index contributed by atoms with van der Waals surface area (Å²) >= 11 is 0. The number of anilines is 1. The molecule has 1 heterocycles. The lowest BCUT2D eigenvalue weighted by Crippen LogP contribution is -2.36. The van der Waals surface area contributed by atoms with Crippen LogP contribution in [0.3, 0.4) is 0 Å². The van der Waals surface area contributed by atoms with Gasteiger partial charge in [-0.25, -0.2) is 4.39 Å². The number of methoxy groups -OCH3 is 1. The van der Waals surface area contributed by atoms with Gasteiger partial charge in [0.2, 0.25) is 0 Å². The predicted molar refractivity (Wildman–Crippen MR) is 102 cm³/mol. The number of ether oxygens (including phenoxy) is 3. The Morgan fingerprint density at radius 3 is 2.62 bits per heavy atom. The van der Waals surface area contributed by atoms with Crippen molar-refractivity contribution >= 4 is 17.5 Å². The SMILES string of the molecule is COc1cccc(/C=C/C(=O)c2ccc(N3CCOCC3)c(F)c2)c1OC(F)F. The summed E-state index contributed by atoms with van der Waals surface area (Å²) in [6.45, 7) is -0.852. The molecule has 1 fully saturated rings. The van der Waals surface area contributed by atoms with Gasteiger partial charge in [0.25, 0.3) is 0 Å². The first-order chi connectivity index (χ1) is 14.0. The number of allylic oxidation sites excluding steroid dienone is 1. The molecular weight excluding hydrogens is 387 g/mol. The second-order valence-electron chi connectivity index (χ2n) is 6.22. The largest absolute Gasteiger partial charge is 0.493 e. The van der Waals surface area contributed by atoms with Gasteiger partial charge in [-0.2, -0.15) is 8.78 Å². The van der Waals surface area contributed by atoms with E-state index in [0.717, 1.165) is 0 Å². The zero-order valence-electron chi connectivity index (χ0n) is 15.7. The summed E-state index contributed by atoms with van der Waals surface area (Å²) in [5, 5.41) is 0. The molecule has 0 bridgehead atoms. The number of rotatable bonds is 7. The summed E-state index contributed by atoms with van der Waals surface area (Å²) in [5.41, 5.74) is 0.799. The molecule has 29 heavy (non-hydrogen) atoms. The Morgan fingerprint density at radius 1 is 1.21 bits per heavy atom. The average Bonchev–Trinajstić information content (AvgIpc) is 2.72. The quantitative estimate of drug-likeness (QED) is 0.509. The molecule has 1 aliphatic rings. The van der Waals surface area contributed by atoms with Crippen LogP contribution in [0.4, 0.5) is 18.9 Å². The summed E-state index contributed by atoms with van der Waals surface area (Å²) < 4.78 is 54.7. The van der Waals surface area contributed by atoms with E-state index < -0.39 is 18.2 Å². The molecule has 154 valence electrons. The Balaban J connectivity index is 1.80. The van der Waals surface area contributed by atoms with Crippen LogP contribution in [0.25, 0.3) is 6.08 Å². The van der Waals surface area contributed by atoms with E-state index in [4.69, 9.17) is 9.47 Å². The molecule has 0 atom stereocenters. The smallest absolute Gasteiger partial charge is 0.387 e. The molecular formula is C21H20F3NO4. The molecule has 0 amide bonds. The van der Waals surface area contributed by atoms with Crippen molar-refractivity contribution in [3.8, 4) is 11.5 Å². The number of carbonyl (C=O) groups excluding carboxylic acids is 1. The molecule has 3 rings (SSSR count). The lowest BCUT2D eigenvalue weighted by atomic mass is 10.1. The molecule has 0 aromatic heterocycles. The van der Waals surface area contributed by atoms with E-state index in [2.05, 4.69) is 4.74 Å². The van der Waals surface area contributed by atoms with E-state index in [1.54, 1.807) is 12.1 Å². The molecule has 2 aromatic rings. The Bertz CT molecular complexity index is 895. The van der Waals surface area contributed by atoms with Crippen molar-refractivity contribution in [2.24, 2.45) is 0 Å². The highest BCUT2D eigenvalue weighted by atomic mass is 19.3. The summed E-state index contributed by atoms with van der Waals surface area (Å²) in [6.07, 6.45) is 2.51. The Kier molecular flexibility index (Phi) is 6.77. The zero-order valence-corrected chi connectivity index (χ0v) is 15.7. The third-order valence-electron chi connectivity index (χ3n) is 4.43. The monoisotopic (exact) mass is 407 g/mol. The minimum atomic E-state index is -3.05. The van der Waals surface area contributed by atoms with Gasteiger partial charge in [0.05, 0.1) is 26.0 Å². The summed E-state index contributed by atoms with van der Waals surface area (Å²) in [5.74, 6) is -1.04. The van der Waals surface area contributed by atoms with Crippen molar-refractivity contribution in [2.75, 3.05) is 38.3 Å². The highest BCUT2D eigenvalue weighted by Gasteiger charge is 2.17. The van der Waals surface area contributed by atoms with E-state index in [1.165, 1.54) is 43.5 Å². The van der Waals surface area contributed by atoms with Crippen LogP contribution >= 0.6 is 0 Å². The minimum Gasteiger partial charge on any atom is -0.493 e. The Morgan fingerprint density at radius 2 is 1.97 bits per heavy atom. The molecule has 0 radical (unpaired) electrons. The third-order valence-corrected chi connectivity index (χ3v) is 4.43. The molecule has 0 spiro atoms. The van der Waals surface area contributed by atoms with Gasteiger partial charge in [0.1, 0.15) is 5.82 Å². The van der Waals surface area contributed by atoms with Crippen LogP contribution in [0, 0.1) is 5.82 Å². The molecule has 5 nitrogen and oxygen atoms in total. The van der Waals surface area contributed by atoms with Crippen LogP contribution in [-0.4, -0.2) is 45.8 Å². The van der Waals surface area contributed by atoms with E-state index in [-0.39, 0.29) is 22.6 Å². The molecule has 0 aliphatic carbocycles. The molecule has 1 saturated heterocycles. The fraction of sp³-hybridized carbons (Fsp3) is 0.286. The maximum absolute atomic E-state index is 14.5. The van der Waals surface area contributed by atoms with E-state index >= 15 is 0 Å². The number of benzene rings is 2. The van der Waals surface area contributed by atoms with Crippen molar-refractivity contribution in [2.45, 2.75) is 6.61 Å². The number of para-hydroxylation sites is 1. The van der Waals surface area contributed by atoms with E-state index in [0.29, 0.717) is 32.0 Å². The van der Waals surface area contributed by atoms with Crippen molar-refractivity contribution in [1.29, 1.82) is 0 Å². The first-order valence-electron chi connectivity index (χ1n) is 8.96. The van der Waals surface area contributed by atoms with E-state index in [1.807, 2.05) is 4.90 Å². The number of carbonyl (C=O) groups is 1. The fourth-order valence-electron chi connectivity index (χ4n) is 3.02. The molecule has 0 saturated carbocycles. The summed E-state index contributed by atoms with van der Waals surface area (Å²) in [4.78, 5) is 14.3. The molecule has 2 aromatic carbocycles. The summed E-state index contributed by atoms with van der Waals surface area (Å²) in [7, 11) is 1.32.